The van der Waals surface area contributed by atoms with Crippen LogP contribution >= 0.6 is 0 Å². The summed E-state index contributed by atoms with van der Waals surface area (Å²) >= 11 is 0. The molecule has 0 unspecified atom stereocenters. The van der Waals surface area contributed by atoms with E-state index in [1.165, 1.54) is 0 Å². The van der Waals surface area contributed by atoms with Crippen molar-refractivity contribution in [1.29, 1.82) is 0 Å². The number of hydrogen-bond acceptors (Lipinski definition) is 5. The lowest BCUT2D eigenvalue weighted by atomic mass is 9.78. The molecule has 1 fully saturated rings. The van der Waals surface area contributed by atoms with Crippen LogP contribution in [0.15, 0.2) is 65.8 Å². The third-order valence-corrected chi connectivity index (χ3v) is 6.69. The van der Waals surface area contributed by atoms with E-state index < -0.39 is 23.3 Å². The van der Waals surface area contributed by atoms with Gasteiger partial charge in [-0.25, -0.2) is 0 Å². The number of amides is 1. The van der Waals surface area contributed by atoms with Gasteiger partial charge in [-0.15, -0.1) is 0 Å². The van der Waals surface area contributed by atoms with Gasteiger partial charge in [-0.2, -0.15) is 0 Å². The molecule has 0 aliphatic heterocycles. The first-order chi connectivity index (χ1) is 17.7. The number of esters is 1. The van der Waals surface area contributed by atoms with Crippen LogP contribution < -0.4 is 5.32 Å². The number of carbonyl (C=O) groups is 2. The summed E-state index contributed by atoms with van der Waals surface area (Å²) in [6.07, 6.45) is 3.05. The molecule has 1 amide bonds. The molecule has 0 aromatic heterocycles. The predicted molar refractivity (Wildman–Crippen MR) is 142 cm³/mol. The fourth-order valence-corrected chi connectivity index (χ4v) is 4.99. The molecule has 1 saturated carbocycles. The molecule has 8 nitrogen and oxygen atoms in total. The molecule has 0 spiro atoms. The standard InChI is InChI=1S/C29H38N4O4/c1-28(2,3)18-24(21-36-19-22-12-6-4-7-13-22)31-26(34)25(32-33-30)29(16-10-11-17-29)27(35)37-20-23-14-8-5-9-15-23/h4-9,12-15,24-25H,10-11,16-21H2,1-3H3,(H,31,34)/t24-,25+/m0/s1. The maximum atomic E-state index is 13.6. The minimum atomic E-state index is -1.19. The van der Waals surface area contributed by atoms with Crippen LogP contribution in [0.3, 0.4) is 0 Å². The van der Waals surface area contributed by atoms with E-state index >= 15 is 0 Å². The van der Waals surface area contributed by atoms with Crippen molar-refractivity contribution in [2.75, 3.05) is 6.61 Å². The molecule has 1 N–H and O–H groups in total. The molecule has 3 rings (SSSR count). The van der Waals surface area contributed by atoms with Crippen LogP contribution in [0.1, 0.15) is 64.0 Å². The second kappa shape index (κ2) is 13.3. The Kier molecular flexibility index (Phi) is 10.1. The lowest BCUT2D eigenvalue weighted by Gasteiger charge is -2.34. The van der Waals surface area contributed by atoms with Crippen molar-refractivity contribution in [3.8, 4) is 0 Å². The van der Waals surface area contributed by atoms with Gasteiger partial charge >= 0.3 is 5.97 Å². The van der Waals surface area contributed by atoms with Crippen molar-refractivity contribution < 1.29 is 19.1 Å². The molecule has 0 saturated heterocycles. The highest BCUT2D eigenvalue weighted by Gasteiger charge is 2.52. The van der Waals surface area contributed by atoms with Crippen LogP contribution in [-0.2, 0) is 32.3 Å². The summed E-state index contributed by atoms with van der Waals surface area (Å²) in [4.78, 5) is 29.9. The van der Waals surface area contributed by atoms with Crippen molar-refractivity contribution in [3.05, 3.63) is 82.2 Å². The summed E-state index contributed by atoms with van der Waals surface area (Å²) < 4.78 is 11.6. The van der Waals surface area contributed by atoms with Gasteiger partial charge in [0.15, 0.2) is 0 Å². The summed E-state index contributed by atoms with van der Waals surface area (Å²) in [5.41, 5.74) is 9.98. The van der Waals surface area contributed by atoms with Crippen molar-refractivity contribution >= 4 is 11.9 Å². The van der Waals surface area contributed by atoms with Crippen LogP contribution in [-0.4, -0.2) is 30.6 Å². The highest BCUT2D eigenvalue weighted by molar-refractivity contribution is 5.91. The Labute approximate surface area is 219 Å². The Bertz CT molecular complexity index is 1060. The van der Waals surface area contributed by atoms with Gasteiger partial charge in [-0.3, -0.25) is 9.59 Å². The SMILES string of the molecule is CC(C)(C)C[C@@H](COCc1ccccc1)NC(=O)[C@@H](N=[N+]=[N-])C1(C(=O)OCc2ccccc2)CCCC1. The monoisotopic (exact) mass is 506 g/mol. The average molecular weight is 507 g/mol. The zero-order valence-corrected chi connectivity index (χ0v) is 22.1. The van der Waals surface area contributed by atoms with E-state index in [1.54, 1.807) is 0 Å². The summed E-state index contributed by atoms with van der Waals surface area (Å²) in [6, 6.07) is 17.7. The van der Waals surface area contributed by atoms with Gasteiger partial charge in [-0.05, 0) is 41.3 Å². The molecule has 8 heteroatoms. The number of azide groups is 1. The zero-order valence-electron chi connectivity index (χ0n) is 22.1. The number of nitrogens with one attached hydrogen (secondary N) is 1. The van der Waals surface area contributed by atoms with Crippen LogP contribution in [0.25, 0.3) is 10.4 Å². The molecule has 198 valence electrons. The summed E-state index contributed by atoms with van der Waals surface area (Å²) in [7, 11) is 0. The average Bonchev–Trinajstić information content (AvgIpc) is 3.37. The van der Waals surface area contributed by atoms with E-state index in [-0.39, 0.29) is 18.1 Å². The summed E-state index contributed by atoms with van der Waals surface area (Å²) in [6.45, 7) is 7.10. The molecule has 2 atom stereocenters. The fraction of sp³-hybridized carbons (Fsp3) is 0.517. The van der Waals surface area contributed by atoms with Crippen molar-refractivity contribution in [1.82, 2.24) is 5.32 Å². The minimum absolute atomic E-state index is 0.0816. The van der Waals surface area contributed by atoms with E-state index in [0.29, 0.717) is 32.5 Å². The van der Waals surface area contributed by atoms with E-state index in [1.807, 2.05) is 60.7 Å². The molecule has 0 radical (unpaired) electrons. The number of benzene rings is 2. The normalized spacial score (nSPS) is 16.3. The number of hydrogen-bond donors (Lipinski definition) is 1. The Morgan fingerprint density at radius 3 is 2.11 bits per heavy atom. The molecular weight excluding hydrogens is 468 g/mol. The lowest BCUT2D eigenvalue weighted by Crippen LogP contribution is -2.52. The third-order valence-electron chi connectivity index (χ3n) is 6.69. The predicted octanol–water partition coefficient (Wildman–Crippen LogP) is 6.11. The number of ether oxygens (including phenoxy) is 2. The molecule has 2 aromatic rings. The molecular formula is C29H38N4O4. The Hall–Kier alpha value is -3.35. The molecule has 37 heavy (non-hydrogen) atoms. The number of nitrogens with zero attached hydrogens (tertiary/aromatic N) is 3. The lowest BCUT2D eigenvalue weighted by molar-refractivity contribution is -0.160. The first-order valence-electron chi connectivity index (χ1n) is 12.9. The van der Waals surface area contributed by atoms with Crippen molar-refractivity contribution in [3.63, 3.8) is 0 Å². The maximum absolute atomic E-state index is 13.6. The first kappa shape index (κ1) is 28.2. The van der Waals surface area contributed by atoms with Crippen LogP contribution in [0.2, 0.25) is 0 Å². The highest BCUT2D eigenvalue weighted by atomic mass is 16.5. The van der Waals surface area contributed by atoms with Crippen molar-refractivity contribution in [2.24, 2.45) is 15.9 Å². The smallest absolute Gasteiger partial charge is 0.313 e. The third kappa shape index (κ3) is 8.34. The maximum Gasteiger partial charge on any atom is 0.313 e. The Balaban J connectivity index is 1.73. The first-order valence-corrected chi connectivity index (χ1v) is 12.9. The Morgan fingerprint density at radius 1 is 1.00 bits per heavy atom. The second-order valence-electron chi connectivity index (χ2n) is 11.0. The van der Waals surface area contributed by atoms with Gasteiger partial charge in [0.25, 0.3) is 0 Å². The zero-order chi connectivity index (χ0) is 26.7. The van der Waals surface area contributed by atoms with Crippen LogP contribution in [0.4, 0.5) is 0 Å². The quantitative estimate of drug-likeness (QED) is 0.162. The van der Waals surface area contributed by atoms with Crippen LogP contribution in [0.5, 0.6) is 0 Å². The molecule has 1 aliphatic rings. The van der Waals surface area contributed by atoms with E-state index in [0.717, 1.165) is 24.0 Å². The van der Waals surface area contributed by atoms with Crippen LogP contribution in [0, 0.1) is 10.8 Å². The van der Waals surface area contributed by atoms with Gasteiger partial charge in [0.05, 0.1) is 24.7 Å². The van der Waals surface area contributed by atoms with E-state index in [2.05, 4.69) is 36.1 Å². The minimum Gasteiger partial charge on any atom is -0.460 e. The topological polar surface area (TPSA) is 113 Å². The second-order valence-corrected chi connectivity index (χ2v) is 11.0. The van der Waals surface area contributed by atoms with Gasteiger partial charge in [0.2, 0.25) is 5.91 Å². The number of carbonyl (C=O) groups excluding carboxylic acids is 2. The number of rotatable bonds is 12. The molecule has 2 aromatic carbocycles. The largest absolute Gasteiger partial charge is 0.460 e. The molecule has 1 aliphatic carbocycles. The van der Waals surface area contributed by atoms with Gasteiger partial charge in [0, 0.05) is 4.91 Å². The summed E-state index contributed by atoms with van der Waals surface area (Å²) in [5, 5.41) is 6.90. The highest BCUT2D eigenvalue weighted by Crippen LogP contribution is 2.44. The van der Waals surface area contributed by atoms with Crippen molar-refractivity contribution in [2.45, 2.75) is 78.2 Å². The summed E-state index contributed by atoms with van der Waals surface area (Å²) in [5.74, 6) is -0.956. The van der Waals surface area contributed by atoms with Gasteiger partial charge in [-0.1, -0.05) is 99.4 Å². The Morgan fingerprint density at radius 2 is 1.57 bits per heavy atom. The fourth-order valence-electron chi connectivity index (χ4n) is 4.99. The van der Waals surface area contributed by atoms with E-state index in [4.69, 9.17) is 9.47 Å². The molecule has 0 heterocycles. The molecule has 0 bridgehead atoms. The van der Waals surface area contributed by atoms with E-state index in [9.17, 15) is 15.1 Å². The van der Waals surface area contributed by atoms with Gasteiger partial charge in [0.1, 0.15) is 12.6 Å². The van der Waals surface area contributed by atoms with Gasteiger partial charge < -0.3 is 14.8 Å².